The fourth-order valence-electron chi connectivity index (χ4n) is 2.52. The quantitative estimate of drug-likeness (QED) is 0.687. The van der Waals surface area contributed by atoms with Gasteiger partial charge >= 0.3 is 0 Å². The summed E-state index contributed by atoms with van der Waals surface area (Å²) in [6.07, 6.45) is 0. The first kappa shape index (κ1) is 18.4. The third-order valence-corrected chi connectivity index (χ3v) is 3.88. The third kappa shape index (κ3) is 4.84. The first-order chi connectivity index (χ1) is 13.0. The van der Waals surface area contributed by atoms with E-state index in [0.29, 0.717) is 18.3 Å². The molecule has 1 aromatic heterocycles. The number of methoxy groups -OCH3 is 1. The number of hydrogen-bond acceptors (Lipinski definition) is 6. The standard InChI is InChI=1S/C20H21N3O4/c1-13(21-14(2)24)20-22-19(23-27-20)16-7-9-17(10-8-16)26-12-15-5-4-6-18(11-15)25-3/h4-11,13H,12H2,1-3H3,(H,21,24). The molecule has 0 fully saturated rings. The van der Waals surface area contributed by atoms with Crippen molar-refractivity contribution >= 4 is 5.91 Å². The predicted octanol–water partition coefficient (Wildman–Crippen LogP) is 3.52. The number of carbonyl (C=O) groups excluding carboxylic acids is 1. The maximum atomic E-state index is 11.1. The molecule has 0 aliphatic heterocycles. The molecule has 140 valence electrons. The average molecular weight is 367 g/mol. The number of ether oxygens (including phenoxy) is 2. The largest absolute Gasteiger partial charge is 0.497 e. The van der Waals surface area contributed by atoms with Crippen LogP contribution in [0.4, 0.5) is 0 Å². The summed E-state index contributed by atoms with van der Waals surface area (Å²) in [6.45, 7) is 3.67. The van der Waals surface area contributed by atoms with Gasteiger partial charge in [0.05, 0.1) is 7.11 Å². The Balaban J connectivity index is 1.63. The molecule has 0 saturated heterocycles. The Morgan fingerprint density at radius 1 is 1.19 bits per heavy atom. The lowest BCUT2D eigenvalue weighted by atomic mass is 10.2. The summed E-state index contributed by atoms with van der Waals surface area (Å²) in [7, 11) is 1.64. The summed E-state index contributed by atoms with van der Waals surface area (Å²) in [6, 6.07) is 14.8. The van der Waals surface area contributed by atoms with Crippen molar-refractivity contribution in [2.75, 3.05) is 7.11 Å². The van der Waals surface area contributed by atoms with Crippen LogP contribution in [0.1, 0.15) is 31.3 Å². The summed E-state index contributed by atoms with van der Waals surface area (Å²) >= 11 is 0. The van der Waals surface area contributed by atoms with E-state index in [-0.39, 0.29) is 11.9 Å². The third-order valence-electron chi connectivity index (χ3n) is 3.88. The molecule has 1 amide bonds. The van der Waals surface area contributed by atoms with Gasteiger partial charge in [0, 0.05) is 12.5 Å². The van der Waals surface area contributed by atoms with Gasteiger partial charge in [0.25, 0.3) is 0 Å². The molecule has 1 unspecified atom stereocenters. The monoisotopic (exact) mass is 367 g/mol. The molecule has 0 aliphatic carbocycles. The van der Waals surface area contributed by atoms with E-state index in [0.717, 1.165) is 22.6 Å². The number of aromatic nitrogens is 2. The zero-order valence-corrected chi connectivity index (χ0v) is 15.4. The molecule has 7 heteroatoms. The SMILES string of the molecule is COc1cccc(COc2ccc(-c3noc(C(C)NC(C)=O)n3)cc2)c1. The fourth-order valence-corrected chi connectivity index (χ4v) is 2.52. The first-order valence-corrected chi connectivity index (χ1v) is 8.52. The van der Waals surface area contributed by atoms with Crippen molar-refractivity contribution in [3.63, 3.8) is 0 Å². The van der Waals surface area contributed by atoms with Crippen molar-refractivity contribution in [1.82, 2.24) is 15.5 Å². The van der Waals surface area contributed by atoms with Gasteiger partial charge in [-0.3, -0.25) is 4.79 Å². The smallest absolute Gasteiger partial charge is 0.249 e. The number of hydrogen-bond donors (Lipinski definition) is 1. The van der Waals surface area contributed by atoms with E-state index in [1.54, 1.807) is 14.0 Å². The van der Waals surface area contributed by atoms with Crippen molar-refractivity contribution in [1.29, 1.82) is 0 Å². The minimum Gasteiger partial charge on any atom is -0.497 e. The van der Waals surface area contributed by atoms with Gasteiger partial charge in [-0.2, -0.15) is 4.98 Å². The van der Waals surface area contributed by atoms with Crippen LogP contribution < -0.4 is 14.8 Å². The van der Waals surface area contributed by atoms with E-state index in [1.807, 2.05) is 48.5 Å². The molecule has 1 N–H and O–H groups in total. The second kappa shape index (κ2) is 8.35. The van der Waals surface area contributed by atoms with E-state index in [4.69, 9.17) is 14.0 Å². The van der Waals surface area contributed by atoms with Gasteiger partial charge in [0.15, 0.2) is 0 Å². The Morgan fingerprint density at radius 2 is 1.96 bits per heavy atom. The van der Waals surface area contributed by atoms with Gasteiger partial charge in [-0.15, -0.1) is 0 Å². The van der Waals surface area contributed by atoms with Gasteiger partial charge in [-0.05, 0) is 48.9 Å². The maximum absolute atomic E-state index is 11.1. The van der Waals surface area contributed by atoms with Crippen LogP contribution in [-0.4, -0.2) is 23.2 Å². The molecule has 3 rings (SSSR count). The highest BCUT2D eigenvalue weighted by Crippen LogP contribution is 2.22. The summed E-state index contributed by atoms with van der Waals surface area (Å²) in [5.41, 5.74) is 1.82. The number of amides is 1. The Hall–Kier alpha value is -3.35. The number of carbonyl (C=O) groups is 1. The minimum atomic E-state index is -0.339. The van der Waals surface area contributed by atoms with E-state index in [1.165, 1.54) is 6.92 Å². The zero-order valence-electron chi connectivity index (χ0n) is 15.4. The molecule has 0 saturated carbocycles. The second-order valence-corrected chi connectivity index (χ2v) is 6.04. The molecule has 1 heterocycles. The Kier molecular flexibility index (Phi) is 5.71. The normalized spacial score (nSPS) is 11.7. The lowest BCUT2D eigenvalue weighted by Gasteiger charge is -2.08. The fraction of sp³-hybridized carbons (Fsp3) is 0.250. The van der Waals surface area contributed by atoms with Crippen molar-refractivity contribution < 1.29 is 18.8 Å². The zero-order chi connectivity index (χ0) is 19.2. The second-order valence-electron chi connectivity index (χ2n) is 6.04. The van der Waals surface area contributed by atoms with E-state index >= 15 is 0 Å². The highest BCUT2D eigenvalue weighted by Gasteiger charge is 2.15. The van der Waals surface area contributed by atoms with Gasteiger partial charge in [0.2, 0.25) is 17.6 Å². The molecular weight excluding hydrogens is 346 g/mol. The molecular formula is C20H21N3O4. The van der Waals surface area contributed by atoms with Gasteiger partial charge in [-0.25, -0.2) is 0 Å². The van der Waals surface area contributed by atoms with Crippen LogP contribution in [0.25, 0.3) is 11.4 Å². The average Bonchev–Trinajstić information content (AvgIpc) is 3.17. The van der Waals surface area contributed by atoms with E-state index < -0.39 is 0 Å². The molecule has 0 bridgehead atoms. The van der Waals surface area contributed by atoms with Gasteiger partial charge in [-0.1, -0.05) is 17.3 Å². The lowest BCUT2D eigenvalue weighted by Crippen LogP contribution is -2.23. The highest BCUT2D eigenvalue weighted by atomic mass is 16.5. The molecule has 0 radical (unpaired) electrons. The van der Waals surface area contributed by atoms with Crippen LogP contribution in [0.15, 0.2) is 53.1 Å². The number of rotatable bonds is 7. The summed E-state index contributed by atoms with van der Waals surface area (Å²) in [5, 5.41) is 6.67. The summed E-state index contributed by atoms with van der Waals surface area (Å²) in [4.78, 5) is 15.4. The van der Waals surface area contributed by atoms with Crippen molar-refractivity contribution in [3.05, 3.63) is 60.0 Å². The van der Waals surface area contributed by atoms with Crippen LogP contribution >= 0.6 is 0 Å². The molecule has 27 heavy (non-hydrogen) atoms. The van der Waals surface area contributed by atoms with E-state index in [2.05, 4.69) is 15.5 Å². The van der Waals surface area contributed by atoms with Gasteiger partial charge in [0.1, 0.15) is 24.1 Å². The predicted molar refractivity (Wildman–Crippen MR) is 99.3 cm³/mol. The van der Waals surface area contributed by atoms with Crippen LogP contribution in [0, 0.1) is 0 Å². The van der Waals surface area contributed by atoms with Crippen LogP contribution in [0.3, 0.4) is 0 Å². The molecule has 7 nitrogen and oxygen atoms in total. The van der Waals surface area contributed by atoms with Crippen molar-refractivity contribution in [3.8, 4) is 22.9 Å². The molecule has 2 aromatic carbocycles. The first-order valence-electron chi connectivity index (χ1n) is 8.52. The Morgan fingerprint density at radius 3 is 2.67 bits per heavy atom. The Bertz CT molecular complexity index is 906. The maximum Gasteiger partial charge on any atom is 0.249 e. The lowest BCUT2D eigenvalue weighted by molar-refractivity contribution is -0.119. The molecule has 3 aromatic rings. The van der Waals surface area contributed by atoms with Crippen LogP contribution in [0.5, 0.6) is 11.5 Å². The van der Waals surface area contributed by atoms with Crippen LogP contribution in [0.2, 0.25) is 0 Å². The molecule has 0 aliphatic rings. The molecule has 1 atom stereocenters. The Labute approximate surface area is 157 Å². The number of benzene rings is 2. The minimum absolute atomic E-state index is 0.153. The highest BCUT2D eigenvalue weighted by molar-refractivity contribution is 5.73. The summed E-state index contributed by atoms with van der Waals surface area (Å²) < 4.78 is 16.2. The van der Waals surface area contributed by atoms with Crippen molar-refractivity contribution in [2.24, 2.45) is 0 Å². The number of nitrogens with one attached hydrogen (secondary N) is 1. The topological polar surface area (TPSA) is 86.5 Å². The molecule has 0 spiro atoms. The van der Waals surface area contributed by atoms with E-state index in [9.17, 15) is 4.79 Å². The van der Waals surface area contributed by atoms with Gasteiger partial charge < -0.3 is 19.3 Å². The summed E-state index contributed by atoms with van der Waals surface area (Å²) in [5.74, 6) is 2.20. The van der Waals surface area contributed by atoms with Crippen molar-refractivity contribution in [2.45, 2.75) is 26.5 Å². The number of nitrogens with zero attached hydrogens (tertiary/aromatic N) is 2. The van der Waals surface area contributed by atoms with Crippen LogP contribution in [-0.2, 0) is 11.4 Å².